The van der Waals surface area contributed by atoms with Crippen LogP contribution in [0.1, 0.15) is 104 Å². The van der Waals surface area contributed by atoms with E-state index in [1.807, 2.05) is 48.5 Å². The third-order valence-electron chi connectivity index (χ3n) is 8.37. The van der Waals surface area contributed by atoms with E-state index in [0.717, 1.165) is 62.5 Å². The van der Waals surface area contributed by atoms with Gasteiger partial charge in [-0.1, -0.05) is 102 Å². The molecule has 0 saturated carbocycles. The molecule has 4 heteroatoms. The lowest BCUT2D eigenvalue weighted by atomic mass is 9.74. The Morgan fingerprint density at radius 1 is 0.725 bits per heavy atom. The van der Waals surface area contributed by atoms with Gasteiger partial charge in [0.05, 0.1) is 17.7 Å². The van der Waals surface area contributed by atoms with E-state index >= 15 is 0 Å². The van der Waals surface area contributed by atoms with Gasteiger partial charge in [0, 0.05) is 6.42 Å². The topological polar surface area (TPSA) is 52.6 Å². The lowest BCUT2D eigenvalue weighted by molar-refractivity contribution is -0.0262. The fourth-order valence-electron chi connectivity index (χ4n) is 5.42. The Morgan fingerprint density at radius 2 is 1.43 bits per heavy atom. The summed E-state index contributed by atoms with van der Waals surface area (Å²) >= 11 is 0. The maximum absolute atomic E-state index is 13.5. The van der Waals surface area contributed by atoms with Crippen LogP contribution in [-0.2, 0) is 22.3 Å². The van der Waals surface area contributed by atoms with Crippen LogP contribution in [0.5, 0.6) is 0 Å². The lowest BCUT2D eigenvalue weighted by Crippen LogP contribution is -2.37. The zero-order valence-electron chi connectivity index (χ0n) is 24.7. The molecule has 0 fully saturated rings. The molecule has 0 aromatic heterocycles. The van der Waals surface area contributed by atoms with Crippen molar-refractivity contribution in [3.05, 3.63) is 107 Å². The first-order valence-corrected chi connectivity index (χ1v) is 14.9. The highest BCUT2D eigenvalue weighted by Crippen LogP contribution is 2.35. The minimum Gasteiger partial charge on any atom is -0.462 e. The fourth-order valence-corrected chi connectivity index (χ4v) is 5.42. The van der Waals surface area contributed by atoms with Crippen molar-refractivity contribution in [2.45, 2.75) is 91.1 Å². The standard InChI is InChI=1S/C36H45O4/c1-5-9-23-36(8-4,28-29-17-12-10-13-18-29)40-34(38)32-22-16-19-30(26-32)27-35(6-2,7-3)24-25-39-33(37)31-20-14-11-15-21-31/h11-22,26H,5-9,23-25,27-28H2,1-4H3. The third-order valence-corrected chi connectivity index (χ3v) is 8.37. The van der Waals surface area contributed by atoms with E-state index in [4.69, 9.17) is 9.47 Å². The molecule has 0 spiro atoms. The number of rotatable bonds is 16. The minimum atomic E-state index is -0.538. The molecule has 0 aliphatic carbocycles. The largest absolute Gasteiger partial charge is 0.462 e. The minimum absolute atomic E-state index is 0.0296. The van der Waals surface area contributed by atoms with Crippen LogP contribution < -0.4 is 0 Å². The molecule has 1 unspecified atom stereocenters. The van der Waals surface area contributed by atoms with Crippen LogP contribution in [0.15, 0.2) is 78.9 Å². The summed E-state index contributed by atoms with van der Waals surface area (Å²) in [7, 11) is 0. The molecule has 0 saturated heterocycles. The summed E-state index contributed by atoms with van der Waals surface area (Å²) in [5.74, 6) is -0.555. The zero-order chi connectivity index (χ0) is 28.8. The Hall–Kier alpha value is -3.40. The molecule has 0 heterocycles. The summed E-state index contributed by atoms with van der Waals surface area (Å²) in [5, 5.41) is 0. The van der Waals surface area contributed by atoms with E-state index in [1.165, 1.54) is 0 Å². The van der Waals surface area contributed by atoms with Crippen molar-refractivity contribution in [3.8, 4) is 0 Å². The molecule has 0 aliphatic heterocycles. The lowest BCUT2D eigenvalue weighted by Gasteiger charge is -2.33. The van der Waals surface area contributed by atoms with Crippen LogP contribution in [0.25, 0.3) is 0 Å². The zero-order valence-corrected chi connectivity index (χ0v) is 24.7. The molecule has 40 heavy (non-hydrogen) atoms. The van der Waals surface area contributed by atoms with Gasteiger partial charge < -0.3 is 9.47 Å². The van der Waals surface area contributed by atoms with Gasteiger partial charge in [0.15, 0.2) is 0 Å². The van der Waals surface area contributed by atoms with E-state index in [1.54, 1.807) is 12.1 Å². The number of carbonyl (C=O) groups excluding carboxylic acids is 2. The first-order valence-electron chi connectivity index (χ1n) is 14.9. The quantitative estimate of drug-likeness (QED) is 0.170. The van der Waals surface area contributed by atoms with Crippen molar-refractivity contribution in [1.82, 2.24) is 0 Å². The number of hydrogen-bond donors (Lipinski definition) is 0. The van der Waals surface area contributed by atoms with Gasteiger partial charge in [-0.15, -0.1) is 0 Å². The maximum atomic E-state index is 13.5. The van der Waals surface area contributed by atoms with Gasteiger partial charge in [0.1, 0.15) is 5.60 Å². The highest BCUT2D eigenvalue weighted by Gasteiger charge is 2.33. The van der Waals surface area contributed by atoms with E-state index in [2.05, 4.69) is 52.0 Å². The van der Waals surface area contributed by atoms with Crippen molar-refractivity contribution in [2.24, 2.45) is 5.41 Å². The second-order valence-electron chi connectivity index (χ2n) is 11.0. The summed E-state index contributed by atoms with van der Waals surface area (Å²) in [4.78, 5) is 26.0. The van der Waals surface area contributed by atoms with Crippen molar-refractivity contribution < 1.29 is 19.1 Å². The van der Waals surface area contributed by atoms with E-state index in [-0.39, 0.29) is 17.4 Å². The number of unbranched alkanes of at least 4 members (excludes halogenated alkanes) is 1. The fraction of sp³-hybridized carbons (Fsp3) is 0.444. The number of carbonyl (C=O) groups is 2. The summed E-state index contributed by atoms with van der Waals surface area (Å²) in [6, 6.07) is 28.0. The molecule has 4 nitrogen and oxygen atoms in total. The second-order valence-corrected chi connectivity index (χ2v) is 11.0. The van der Waals surface area contributed by atoms with Gasteiger partial charge in [-0.05, 0) is 79.0 Å². The van der Waals surface area contributed by atoms with Gasteiger partial charge in [0.25, 0.3) is 0 Å². The van der Waals surface area contributed by atoms with Crippen LogP contribution in [0.4, 0.5) is 0 Å². The van der Waals surface area contributed by atoms with Crippen molar-refractivity contribution >= 4 is 11.9 Å². The molecule has 0 amide bonds. The monoisotopic (exact) mass is 541 g/mol. The molecule has 0 N–H and O–H groups in total. The van der Waals surface area contributed by atoms with E-state index < -0.39 is 5.60 Å². The van der Waals surface area contributed by atoms with Crippen LogP contribution in [0.3, 0.4) is 0 Å². The van der Waals surface area contributed by atoms with Gasteiger partial charge in [-0.25, -0.2) is 9.59 Å². The van der Waals surface area contributed by atoms with Gasteiger partial charge in [-0.3, -0.25) is 0 Å². The molecule has 213 valence electrons. The average molecular weight is 542 g/mol. The maximum Gasteiger partial charge on any atom is 0.338 e. The second kappa shape index (κ2) is 15.4. The van der Waals surface area contributed by atoms with Crippen LogP contribution in [-0.4, -0.2) is 24.1 Å². The highest BCUT2D eigenvalue weighted by molar-refractivity contribution is 5.90. The molecule has 3 rings (SSSR count). The van der Waals surface area contributed by atoms with Crippen LogP contribution in [0.2, 0.25) is 0 Å². The summed E-state index contributed by atoms with van der Waals surface area (Å²) in [6.45, 7) is 9.01. The Bertz CT molecular complexity index is 1180. The average Bonchev–Trinajstić information content (AvgIpc) is 3.00. The summed E-state index contributed by atoms with van der Waals surface area (Å²) < 4.78 is 12.0. The van der Waals surface area contributed by atoms with Gasteiger partial charge in [0.2, 0.25) is 0 Å². The Kier molecular flexibility index (Phi) is 12.0. The molecule has 1 radical (unpaired) electrons. The number of benzene rings is 3. The number of esters is 2. The van der Waals surface area contributed by atoms with Crippen molar-refractivity contribution in [1.29, 1.82) is 0 Å². The van der Waals surface area contributed by atoms with E-state index in [9.17, 15) is 9.59 Å². The molecule has 0 aliphatic rings. The summed E-state index contributed by atoms with van der Waals surface area (Å²) in [5.41, 5.74) is 2.84. The SMILES string of the molecule is CCCCC(CC)(Cc1cc[c]cc1)OC(=O)c1cccc(CC(CC)(CC)CCOC(=O)c2ccccc2)c1. The normalized spacial score (nSPS) is 12.9. The van der Waals surface area contributed by atoms with Gasteiger partial charge in [-0.2, -0.15) is 0 Å². The molecule has 3 aromatic rings. The molecular formula is C36H45O4. The Labute approximate surface area is 241 Å². The highest BCUT2D eigenvalue weighted by atomic mass is 16.6. The van der Waals surface area contributed by atoms with E-state index in [0.29, 0.717) is 24.2 Å². The van der Waals surface area contributed by atoms with Gasteiger partial charge >= 0.3 is 11.9 Å². The van der Waals surface area contributed by atoms with Crippen molar-refractivity contribution in [3.63, 3.8) is 0 Å². The molecule has 3 aromatic carbocycles. The number of hydrogen-bond acceptors (Lipinski definition) is 4. The first-order chi connectivity index (χ1) is 19.4. The molecule has 1 atom stereocenters. The Balaban J connectivity index is 1.71. The van der Waals surface area contributed by atoms with Crippen LogP contribution >= 0.6 is 0 Å². The molecular weight excluding hydrogens is 496 g/mol. The predicted molar refractivity (Wildman–Crippen MR) is 161 cm³/mol. The predicted octanol–water partition coefficient (Wildman–Crippen LogP) is 8.82. The first kappa shape index (κ1) is 31.1. The molecule has 0 bridgehead atoms. The smallest absolute Gasteiger partial charge is 0.338 e. The van der Waals surface area contributed by atoms with Crippen LogP contribution in [0, 0.1) is 11.5 Å². The third kappa shape index (κ3) is 8.81. The Morgan fingerprint density at radius 3 is 2.08 bits per heavy atom. The number of ether oxygens (including phenoxy) is 2. The van der Waals surface area contributed by atoms with Crippen molar-refractivity contribution in [2.75, 3.05) is 6.61 Å². The summed E-state index contributed by atoms with van der Waals surface area (Å²) in [6.07, 6.45) is 7.81.